The Morgan fingerprint density at radius 3 is 2.64 bits per heavy atom. The van der Waals surface area contributed by atoms with Crippen molar-refractivity contribution in [1.29, 1.82) is 0 Å². The molecule has 0 aliphatic carbocycles. The van der Waals surface area contributed by atoms with E-state index in [1.54, 1.807) is 17.0 Å². The number of halogens is 1. The van der Waals surface area contributed by atoms with Crippen molar-refractivity contribution in [2.24, 2.45) is 0 Å². The second-order valence-electron chi connectivity index (χ2n) is 6.95. The molecular weight excluding hydrogens is 343 g/mol. The zero-order chi connectivity index (χ0) is 18.0. The molecule has 1 aromatic heterocycles. The van der Waals surface area contributed by atoms with Crippen molar-refractivity contribution in [1.82, 2.24) is 9.88 Å². The van der Waals surface area contributed by atoms with Crippen LogP contribution in [-0.2, 0) is 16.1 Å². The second kappa shape index (κ2) is 7.09. The molecule has 5 nitrogen and oxygen atoms in total. The van der Waals surface area contributed by atoms with Crippen molar-refractivity contribution in [3.63, 3.8) is 0 Å². The van der Waals surface area contributed by atoms with Crippen molar-refractivity contribution in [2.75, 3.05) is 13.1 Å². The van der Waals surface area contributed by atoms with Gasteiger partial charge in [0.05, 0.1) is 31.5 Å². The van der Waals surface area contributed by atoms with Gasteiger partial charge in [0.1, 0.15) is 16.4 Å². The third kappa shape index (κ3) is 4.76. The van der Waals surface area contributed by atoms with Gasteiger partial charge >= 0.3 is 6.09 Å². The fourth-order valence-electron chi connectivity index (χ4n) is 2.34. The Labute approximate surface area is 150 Å². The number of nitrogens with zero attached hydrogens (tertiary/aromatic N) is 2. The molecule has 134 valence electrons. The number of ether oxygens (including phenoxy) is 2. The molecule has 7 heteroatoms. The zero-order valence-electron chi connectivity index (χ0n) is 14.5. The highest BCUT2D eigenvalue weighted by Gasteiger charge is 2.34. The van der Waals surface area contributed by atoms with Gasteiger partial charge in [0.15, 0.2) is 0 Å². The average Bonchev–Trinajstić information content (AvgIpc) is 2.93. The first-order chi connectivity index (χ1) is 11.8. The summed E-state index contributed by atoms with van der Waals surface area (Å²) in [5.41, 5.74) is 1.21. The summed E-state index contributed by atoms with van der Waals surface area (Å²) >= 11 is 1.51. The van der Waals surface area contributed by atoms with E-state index in [1.165, 1.54) is 23.5 Å². The van der Waals surface area contributed by atoms with Crippen molar-refractivity contribution >= 4 is 17.4 Å². The van der Waals surface area contributed by atoms with Gasteiger partial charge in [-0.15, -0.1) is 11.3 Å². The first-order valence-electron chi connectivity index (χ1n) is 8.10. The lowest BCUT2D eigenvalue weighted by atomic mass is 10.2. The van der Waals surface area contributed by atoms with E-state index in [1.807, 2.05) is 26.2 Å². The molecule has 0 saturated carbocycles. The Balaban J connectivity index is 1.45. The van der Waals surface area contributed by atoms with Crippen LogP contribution in [0.1, 0.15) is 25.8 Å². The quantitative estimate of drug-likeness (QED) is 0.820. The van der Waals surface area contributed by atoms with Gasteiger partial charge in [-0.3, -0.25) is 0 Å². The number of thiazole rings is 1. The Bertz CT molecular complexity index is 734. The summed E-state index contributed by atoms with van der Waals surface area (Å²) in [4.78, 5) is 18.0. The van der Waals surface area contributed by atoms with Crippen LogP contribution in [-0.4, -0.2) is 40.8 Å². The number of benzene rings is 1. The third-order valence-electron chi connectivity index (χ3n) is 3.63. The maximum atomic E-state index is 13.0. The normalized spacial score (nSPS) is 15.1. The van der Waals surface area contributed by atoms with Gasteiger partial charge in [0.2, 0.25) is 0 Å². The topological polar surface area (TPSA) is 51.7 Å². The van der Waals surface area contributed by atoms with Gasteiger partial charge < -0.3 is 14.4 Å². The number of likely N-dealkylation sites (tertiary alicyclic amines) is 1. The van der Waals surface area contributed by atoms with E-state index in [0.717, 1.165) is 16.3 Å². The van der Waals surface area contributed by atoms with E-state index in [4.69, 9.17) is 9.47 Å². The van der Waals surface area contributed by atoms with E-state index in [0.29, 0.717) is 19.7 Å². The summed E-state index contributed by atoms with van der Waals surface area (Å²) in [7, 11) is 0. The summed E-state index contributed by atoms with van der Waals surface area (Å²) < 4.78 is 24.1. The lowest BCUT2D eigenvalue weighted by Crippen LogP contribution is -2.55. The van der Waals surface area contributed by atoms with Gasteiger partial charge in [-0.1, -0.05) is 0 Å². The molecule has 0 unspecified atom stereocenters. The molecule has 1 fully saturated rings. The summed E-state index contributed by atoms with van der Waals surface area (Å²) in [6.45, 7) is 7.01. The zero-order valence-corrected chi connectivity index (χ0v) is 15.3. The SMILES string of the molecule is CC(C)(C)OC(=O)N1CC(OCc2nc(-c3ccc(F)cc3)cs2)C1. The Morgan fingerprint density at radius 2 is 2.00 bits per heavy atom. The Morgan fingerprint density at radius 1 is 1.32 bits per heavy atom. The molecule has 3 rings (SSSR count). The van der Waals surface area contributed by atoms with Crippen molar-refractivity contribution < 1.29 is 18.7 Å². The first-order valence-corrected chi connectivity index (χ1v) is 8.98. The molecule has 1 saturated heterocycles. The molecule has 0 spiro atoms. The minimum Gasteiger partial charge on any atom is -0.444 e. The van der Waals surface area contributed by atoms with Crippen LogP contribution >= 0.6 is 11.3 Å². The molecule has 0 atom stereocenters. The first kappa shape index (κ1) is 17.8. The van der Waals surface area contributed by atoms with Crippen LogP contribution < -0.4 is 0 Å². The number of aromatic nitrogens is 1. The van der Waals surface area contributed by atoms with E-state index >= 15 is 0 Å². The molecule has 0 N–H and O–H groups in total. The van der Waals surface area contributed by atoms with Gasteiger partial charge in [0.25, 0.3) is 0 Å². The summed E-state index contributed by atoms with van der Waals surface area (Å²) in [5.74, 6) is -0.262. The lowest BCUT2D eigenvalue weighted by molar-refractivity contribution is -0.0691. The maximum absolute atomic E-state index is 13.0. The lowest BCUT2D eigenvalue weighted by Gasteiger charge is -2.39. The number of hydrogen-bond donors (Lipinski definition) is 0. The van der Waals surface area contributed by atoms with Crippen LogP contribution in [0.2, 0.25) is 0 Å². The van der Waals surface area contributed by atoms with Crippen molar-refractivity contribution in [3.05, 3.63) is 40.5 Å². The number of amides is 1. The summed E-state index contributed by atoms with van der Waals surface area (Å²) in [5, 5.41) is 2.79. The van der Waals surface area contributed by atoms with Gasteiger partial charge in [-0.2, -0.15) is 0 Å². The number of carbonyl (C=O) groups excluding carboxylic acids is 1. The highest BCUT2D eigenvalue weighted by molar-refractivity contribution is 7.09. The molecule has 1 aliphatic rings. The predicted molar refractivity (Wildman–Crippen MR) is 93.9 cm³/mol. The standard InChI is InChI=1S/C18H21FN2O3S/c1-18(2,3)24-17(22)21-8-14(9-21)23-10-16-20-15(11-25-16)12-4-6-13(19)7-5-12/h4-7,11,14H,8-10H2,1-3H3. The second-order valence-corrected chi connectivity index (χ2v) is 7.89. The van der Waals surface area contributed by atoms with Crippen LogP contribution in [0.25, 0.3) is 11.3 Å². The molecule has 2 heterocycles. The molecule has 1 aliphatic heterocycles. The van der Waals surface area contributed by atoms with E-state index < -0.39 is 5.60 Å². The fourth-order valence-corrected chi connectivity index (χ4v) is 3.06. The van der Waals surface area contributed by atoms with Crippen LogP contribution in [0.15, 0.2) is 29.6 Å². The molecule has 1 amide bonds. The Kier molecular flexibility index (Phi) is 5.06. The molecule has 0 bridgehead atoms. The monoisotopic (exact) mass is 364 g/mol. The molecule has 1 aromatic carbocycles. The van der Waals surface area contributed by atoms with E-state index in [9.17, 15) is 9.18 Å². The van der Waals surface area contributed by atoms with E-state index in [-0.39, 0.29) is 18.0 Å². The van der Waals surface area contributed by atoms with Crippen molar-refractivity contribution in [3.8, 4) is 11.3 Å². The minimum atomic E-state index is -0.485. The van der Waals surface area contributed by atoms with Crippen LogP contribution in [0.5, 0.6) is 0 Å². The highest BCUT2D eigenvalue weighted by Crippen LogP contribution is 2.24. The number of rotatable bonds is 4. The molecular formula is C18H21FN2O3S. The van der Waals surface area contributed by atoms with Gasteiger partial charge in [-0.25, -0.2) is 14.2 Å². The highest BCUT2D eigenvalue weighted by atomic mass is 32.1. The number of carbonyl (C=O) groups is 1. The molecule has 25 heavy (non-hydrogen) atoms. The summed E-state index contributed by atoms with van der Waals surface area (Å²) in [6.07, 6.45) is -0.300. The summed E-state index contributed by atoms with van der Waals surface area (Å²) in [6, 6.07) is 6.26. The third-order valence-corrected chi connectivity index (χ3v) is 4.46. The Hall–Kier alpha value is -1.99. The molecule has 2 aromatic rings. The fraction of sp³-hybridized carbons (Fsp3) is 0.444. The minimum absolute atomic E-state index is 0.00527. The average molecular weight is 364 g/mol. The number of hydrogen-bond acceptors (Lipinski definition) is 5. The van der Waals surface area contributed by atoms with Crippen molar-refractivity contribution in [2.45, 2.75) is 39.1 Å². The smallest absolute Gasteiger partial charge is 0.410 e. The van der Waals surface area contributed by atoms with Gasteiger partial charge in [0, 0.05) is 10.9 Å². The maximum Gasteiger partial charge on any atom is 0.410 e. The predicted octanol–water partition coefficient (Wildman–Crippen LogP) is 4.09. The van der Waals surface area contributed by atoms with Crippen LogP contribution in [0.4, 0.5) is 9.18 Å². The largest absolute Gasteiger partial charge is 0.444 e. The van der Waals surface area contributed by atoms with E-state index in [2.05, 4.69) is 4.98 Å². The van der Waals surface area contributed by atoms with Crippen LogP contribution in [0, 0.1) is 5.82 Å². The van der Waals surface area contributed by atoms with Gasteiger partial charge in [-0.05, 0) is 45.0 Å². The molecule has 0 radical (unpaired) electrons. The van der Waals surface area contributed by atoms with Crippen LogP contribution in [0.3, 0.4) is 0 Å².